The van der Waals surface area contributed by atoms with E-state index < -0.39 is 0 Å². The van der Waals surface area contributed by atoms with Crippen LogP contribution in [0.3, 0.4) is 0 Å². The van der Waals surface area contributed by atoms with Crippen LogP contribution in [-0.4, -0.2) is 36.1 Å². The molecule has 1 fully saturated rings. The fourth-order valence-corrected chi connectivity index (χ4v) is 2.97. The largest absolute Gasteiger partial charge is 0.338 e. The zero-order valence-corrected chi connectivity index (χ0v) is 11.3. The fraction of sp³-hybridized carbons (Fsp3) is 0.333. The molecule has 0 bridgehead atoms. The average molecular weight is 281 g/mol. The first-order chi connectivity index (χ1) is 8.83. The van der Waals surface area contributed by atoms with Gasteiger partial charge in [-0.3, -0.25) is 0 Å². The van der Waals surface area contributed by atoms with Gasteiger partial charge in [-0.15, -0.1) is 11.3 Å². The molecule has 0 radical (unpaired) electrons. The van der Waals surface area contributed by atoms with E-state index in [1.165, 1.54) is 0 Å². The second-order valence-corrected chi connectivity index (χ2v) is 5.80. The zero-order chi connectivity index (χ0) is 12.4. The average Bonchev–Trinajstić information content (AvgIpc) is 2.87. The Balaban J connectivity index is 1.88. The standard InChI is InChI=1S/C12H13ClN4S/c13-11-2-1-10(18-11)9-3-4-15-12(16-9)17-7-5-14-6-8-17/h1-4,14H,5-8H2. The van der Waals surface area contributed by atoms with Crippen molar-refractivity contribution in [1.82, 2.24) is 15.3 Å². The molecule has 1 aliphatic heterocycles. The Hall–Kier alpha value is -1.17. The maximum Gasteiger partial charge on any atom is 0.225 e. The van der Waals surface area contributed by atoms with Crippen LogP contribution in [0.25, 0.3) is 10.6 Å². The van der Waals surface area contributed by atoms with Gasteiger partial charge in [-0.1, -0.05) is 11.6 Å². The van der Waals surface area contributed by atoms with Gasteiger partial charge in [0.2, 0.25) is 5.95 Å². The minimum absolute atomic E-state index is 0.785. The summed E-state index contributed by atoms with van der Waals surface area (Å²) in [4.78, 5) is 12.3. The van der Waals surface area contributed by atoms with Crippen molar-refractivity contribution in [2.24, 2.45) is 0 Å². The molecule has 0 amide bonds. The first kappa shape index (κ1) is 11.9. The molecular weight excluding hydrogens is 268 g/mol. The molecule has 1 aliphatic rings. The third-order valence-corrected chi connectivity index (χ3v) is 4.12. The Morgan fingerprint density at radius 1 is 1.22 bits per heavy atom. The van der Waals surface area contributed by atoms with Gasteiger partial charge in [-0.25, -0.2) is 9.97 Å². The molecule has 1 N–H and O–H groups in total. The van der Waals surface area contributed by atoms with Crippen LogP contribution in [0.1, 0.15) is 0 Å². The van der Waals surface area contributed by atoms with Crippen molar-refractivity contribution in [2.45, 2.75) is 0 Å². The van der Waals surface area contributed by atoms with E-state index in [4.69, 9.17) is 11.6 Å². The highest BCUT2D eigenvalue weighted by Gasteiger charge is 2.14. The third kappa shape index (κ3) is 2.48. The second kappa shape index (κ2) is 5.22. The highest BCUT2D eigenvalue weighted by atomic mass is 35.5. The number of anilines is 1. The van der Waals surface area contributed by atoms with E-state index in [0.717, 1.165) is 47.0 Å². The van der Waals surface area contributed by atoms with Gasteiger partial charge in [0.05, 0.1) is 14.9 Å². The van der Waals surface area contributed by atoms with Crippen molar-refractivity contribution in [3.63, 3.8) is 0 Å². The van der Waals surface area contributed by atoms with Crippen LogP contribution in [0.15, 0.2) is 24.4 Å². The molecule has 0 saturated carbocycles. The quantitative estimate of drug-likeness (QED) is 0.916. The summed E-state index contributed by atoms with van der Waals surface area (Å²) in [7, 11) is 0. The van der Waals surface area contributed by atoms with E-state index >= 15 is 0 Å². The molecule has 2 aromatic heterocycles. The summed E-state index contributed by atoms with van der Waals surface area (Å²) in [6, 6.07) is 5.82. The molecule has 0 atom stereocenters. The Morgan fingerprint density at radius 3 is 2.78 bits per heavy atom. The maximum atomic E-state index is 5.96. The summed E-state index contributed by atoms with van der Waals surface area (Å²) in [6.07, 6.45) is 1.81. The second-order valence-electron chi connectivity index (χ2n) is 4.08. The molecule has 4 nitrogen and oxygen atoms in total. The molecule has 94 valence electrons. The lowest BCUT2D eigenvalue weighted by Gasteiger charge is -2.27. The number of aromatic nitrogens is 2. The molecule has 0 unspecified atom stereocenters. The number of hydrogen-bond acceptors (Lipinski definition) is 5. The summed E-state index contributed by atoms with van der Waals surface area (Å²) >= 11 is 7.50. The summed E-state index contributed by atoms with van der Waals surface area (Å²) in [5, 5.41) is 3.32. The fourth-order valence-electron chi connectivity index (χ4n) is 1.95. The Bertz CT molecular complexity index is 536. The van der Waals surface area contributed by atoms with Gasteiger partial charge in [0.1, 0.15) is 0 Å². The monoisotopic (exact) mass is 280 g/mol. The first-order valence-electron chi connectivity index (χ1n) is 5.87. The molecule has 3 rings (SSSR count). The lowest BCUT2D eigenvalue weighted by atomic mass is 10.3. The summed E-state index contributed by atoms with van der Waals surface area (Å²) < 4.78 is 0.785. The van der Waals surface area contributed by atoms with E-state index in [9.17, 15) is 0 Å². The minimum atomic E-state index is 0.785. The van der Waals surface area contributed by atoms with E-state index in [1.54, 1.807) is 11.3 Å². The van der Waals surface area contributed by atoms with E-state index in [0.29, 0.717) is 0 Å². The highest BCUT2D eigenvalue weighted by molar-refractivity contribution is 7.19. The molecule has 0 aliphatic carbocycles. The summed E-state index contributed by atoms with van der Waals surface area (Å²) in [5.74, 6) is 0.804. The number of rotatable bonds is 2. The van der Waals surface area contributed by atoms with Gasteiger partial charge in [0, 0.05) is 32.4 Å². The van der Waals surface area contributed by atoms with Crippen LogP contribution in [0.5, 0.6) is 0 Å². The van der Waals surface area contributed by atoms with Crippen molar-refractivity contribution >= 4 is 28.9 Å². The van der Waals surface area contributed by atoms with Gasteiger partial charge in [0.15, 0.2) is 0 Å². The molecule has 0 spiro atoms. The Morgan fingerprint density at radius 2 is 2.06 bits per heavy atom. The van der Waals surface area contributed by atoms with Crippen LogP contribution >= 0.6 is 22.9 Å². The van der Waals surface area contributed by atoms with Crippen molar-refractivity contribution in [1.29, 1.82) is 0 Å². The van der Waals surface area contributed by atoms with Crippen molar-refractivity contribution in [3.8, 4) is 10.6 Å². The number of nitrogens with zero attached hydrogens (tertiary/aromatic N) is 3. The number of nitrogens with one attached hydrogen (secondary N) is 1. The molecule has 1 saturated heterocycles. The van der Waals surface area contributed by atoms with Crippen molar-refractivity contribution in [3.05, 3.63) is 28.7 Å². The van der Waals surface area contributed by atoms with Gasteiger partial charge in [-0.05, 0) is 18.2 Å². The summed E-state index contributed by atoms with van der Waals surface area (Å²) in [6.45, 7) is 3.88. The van der Waals surface area contributed by atoms with E-state index in [-0.39, 0.29) is 0 Å². The number of halogens is 1. The number of piperazine rings is 1. The third-order valence-electron chi connectivity index (χ3n) is 2.87. The topological polar surface area (TPSA) is 41.1 Å². The van der Waals surface area contributed by atoms with Gasteiger partial charge in [0.25, 0.3) is 0 Å². The number of thiophene rings is 1. The predicted octanol–water partition coefficient (Wildman–Crippen LogP) is 2.27. The van der Waals surface area contributed by atoms with Crippen LogP contribution in [0.4, 0.5) is 5.95 Å². The SMILES string of the molecule is Clc1ccc(-c2ccnc(N3CCNCC3)n2)s1. The molecule has 18 heavy (non-hydrogen) atoms. The van der Waals surface area contributed by atoms with E-state index in [1.807, 2.05) is 24.4 Å². The molecular formula is C12H13ClN4S. The first-order valence-corrected chi connectivity index (χ1v) is 7.07. The molecule has 2 aromatic rings. The zero-order valence-electron chi connectivity index (χ0n) is 9.77. The van der Waals surface area contributed by atoms with Crippen LogP contribution in [0.2, 0.25) is 4.34 Å². The van der Waals surface area contributed by atoms with Crippen LogP contribution in [-0.2, 0) is 0 Å². The van der Waals surface area contributed by atoms with Gasteiger partial charge < -0.3 is 10.2 Å². The Labute approximate surface area is 115 Å². The lowest BCUT2D eigenvalue weighted by Crippen LogP contribution is -2.44. The van der Waals surface area contributed by atoms with Crippen LogP contribution < -0.4 is 10.2 Å². The molecule has 0 aromatic carbocycles. The molecule has 6 heteroatoms. The van der Waals surface area contributed by atoms with Gasteiger partial charge in [-0.2, -0.15) is 0 Å². The smallest absolute Gasteiger partial charge is 0.225 e. The number of hydrogen-bond donors (Lipinski definition) is 1. The minimum Gasteiger partial charge on any atom is -0.338 e. The predicted molar refractivity (Wildman–Crippen MR) is 75.4 cm³/mol. The van der Waals surface area contributed by atoms with Gasteiger partial charge >= 0.3 is 0 Å². The van der Waals surface area contributed by atoms with Crippen LogP contribution in [0, 0.1) is 0 Å². The normalized spacial score (nSPS) is 15.9. The van der Waals surface area contributed by atoms with E-state index in [2.05, 4.69) is 20.2 Å². The lowest BCUT2D eigenvalue weighted by molar-refractivity contribution is 0.580. The van der Waals surface area contributed by atoms with Crippen molar-refractivity contribution in [2.75, 3.05) is 31.1 Å². The molecule has 3 heterocycles. The highest BCUT2D eigenvalue weighted by Crippen LogP contribution is 2.30. The van der Waals surface area contributed by atoms with Crippen molar-refractivity contribution < 1.29 is 0 Å². The maximum absolute atomic E-state index is 5.96. The summed E-state index contributed by atoms with van der Waals surface area (Å²) in [5.41, 5.74) is 0.940. The Kier molecular flexibility index (Phi) is 3.45.